The standard InChI is InChI=1S/C26H24F3N5O3/c1-15-23(33(2)32-31-15)18-11-20-21(14-34(24(20)30-13-18)10-4-3-5-16-6-7-16)19-9-8-17(25(35)36)12-22(19)37-26(27,28)29/h3,5,8-9,11-14,16H,4,6-7,10H2,1-2H3,(H,35,36)/b5-3+. The number of carbonyl (C=O) groups is 1. The Morgan fingerprint density at radius 2 is 2.03 bits per heavy atom. The van der Waals surface area contributed by atoms with Crippen molar-refractivity contribution in [1.82, 2.24) is 24.5 Å². The van der Waals surface area contributed by atoms with Crippen LogP contribution in [0.4, 0.5) is 13.2 Å². The van der Waals surface area contributed by atoms with Crippen molar-refractivity contribution in [2.45, 2.75) is 39.1 Å². The number of halogens is 3. The Balaban J connectivity index is 1.66. The molecule has 0 aliphatic heterocycles. The minimum atomic E-state index is -5.00. The summed E-state index contributed by atoms with van der Waals surface area (Å²) in [6.07, 6.45) is 5.87. The third-order valence-corrected chi connectivity index (χ3v) is 6.29. The molecule has 4 aromatic rings. The van der Waals surface area contributed by atoms with Crippen LogP contribution in [0.5, 0.6) is 5.75 Å². The number of alkyl halides is 3. The number of benzene rings is 1. The second-order valence-corrected chi connectivity index (χ2v) is 9.10. The van der Waals surface area contributed by atoms with Gasteiger partial charge in [0.05, 0.1) is 17.0 Å². The summed E-state index contributed by atoms with van der Waals surface area (Å²) in [7, 11) is 1.75. The van der Waals surface area contributed by atoms with Gasteiger partial charge in [-0.3, -0.25) is 0 Å². The summed E-state index contributed by atoms with van der Waals surface area (Å²) in [5, 5.41) is 18.0. The zero-order chi connectivity index (χ0) is 26.3. The molecule has 1 fully saturated rings. The van der Waals surface area contributed by atoms with E-state index in [9.17, 15) is 23.1 Å². The number of pyridine rings is 1. The molecule has 5 rings (SSSR count). The van der Waals surface area contributed by atoms with Gasteiger partial charge in [0.25, 0.3) is 0 Å². The molecule has 37 heavy (non-hydrogen) atoms. The number of allylic oxidation sites excluding steroid dienone is 2. The number of aryl methyl sites for hydroxylation is 3. The summed E-state index contributed by atoms with van der Waals surface area (Å²) in [5.74, 6) is -1.31. The average Bonchev–Trinajstić information content (AvgIpc) is 3.51. The number of aromatic nitrogens is 5. The van der Waals surface area contributed by atoms with Gasteiger partial charge in [0.15, 0.2) is 0 Å². The van der Waals surface area contributed by atoms with Crippen LogP contribution < -0.4 is 4.74 Å². The van der Waals surface area contributed by atoms with Gasteiger partial charge in [0.2, 0.25) is 0 Å². The molecule has 0 saturated heterocycles. The van der Waals surface area contributed by atoms with Gasteiger partial charge in [-0.15, -0.1) is 18.3 Å². The van der Waals surface area contributed by atoms with Crippen LogP contribution in [0, 0.1) is 12.8 Å². The number of hydrogen-bond donors (Lipinski definition) is 1. The highest BCUT2D eigenvalue weighted by atomic mass is 19.4. The molecule has 0 radical (unpaired) electrons. The molecule has 0 amide bonds. The van der Waals surface area contributed by atoms with Crippen molar-refractivity contribution in [2.75, 3.05) is 0 Å². The van der Waals surface area contributed by atoms with E-state index in [0.29, 0.717) is 40.3 Å². The third kappa shape index (κ3) is 5.20. The number of ether oxygens (including phenoxy) is 1. The van der Waals surface area contributed by atoms with E-state index < -0.39 is 18.1 Å². The van der Waals surface area contributed by atoms with Crippen LogP contribution in [0.25, 0.3) is 33.4 Å². The maximum Gasteiger partial charge on any atom is 0.573 e. The largest absolute Gasteiger partial charge is 0.573 e. The van der Waals surface area contributed by atoms with Crippen LogP contribution >= 0.6 is 0 Å². The lowest BCUT2D eigenvalue weighted by Gasteiger charge is -2.14. The third-order valence-electron chi connectivity index (χ3n) is 6.29. The number of rotatable bonds is 8. The summed E-state index contributed by atoms with van der Waals surface area (Å²) < 4.78 is 47.7. The molecular weight excluding hydrogens is 487 g/mol. The minimum absolute atomic E-state index is 0.110. The van der Waals surface area contributed by atoms with Crippen LogP contribution in [-0.4, -0.2) is 42.0 Å². The van der Waals surface area contributed by atoms with E-state index in [-0.39, 0.29) is 11.1 Å². The maximum atomic E-state index is 13.3. The number of nitrogens with zero attached hydrogens (tertiary/aromatic N) is 5. The van der Waals surface area contributed by atoms with Gasteiger partial charge in [0, 0.05) is 48.1 Å². The SMILES string of the molecule is Cc1nnn(C)c1-c1cnc2c(c1)c(-c1ccc(C(=O)O)cc1OC(F)(F)F)cn2CC/C=C/C1CC1. The van der Waals surface area contributed by atoms with Crippen molar-refractivity contribution in [1.29, 1.82) is 0 Å². The average molecular weight is 512 g/mol. The highest BCUT2D eigenvalue weighted by Gasteiger charge is 2.33. The lowest BCUT2D eigenvalue weighted by atomic mass is 10.0. The van der Waals surface area contributed by atoms with Gasteiger partial charge in [-0.2, -0.15) is 0 Å². The Bertz CT molecular complexity index is 1500. The first-order valence-corrected chi connectivity index (χ1v) is 11.8. The van der Waals surface area contributed by atoms with Gasteiger partial charge < -0.3 is 14.4 Å². The zero-order valence-corrected chi connectivity index (χ0v) is 20.2. The van der Waals surface area contributed by atoms with E-state index in [1.165, 1.54) is 25.0 Å². The molecule has 1 saturated carbocycles. The molecule has 0 unspecified atom stereocenters. The lowest BCUT2D eigenvalue weighted by molar-refractivity contribution is -0.274. The number of fused-ring (bicyclic) bond motifs is 1. The van der Waals surface area contributed by atoms with E-state index >= 15 is 0 Å². The first-order chi connectivity index (χ1) is 17.6. The monoisotopic (exact) mass is 511 g/mol. The fraction of sp³-hybridized carbons (Fsp3) is 0.308. The maximum absolute atomic E-state index is 13.3. The highest BCUT2D eigenvalue weighted by molar-refractivity contribution is 5.99. The predicted octanol–water partition coefficient (Wildman–Crippen LogP) is 5.76. The summed E-state index contributed by atoms with van der Waals surface area (Å²) in [4.78, 5) is 16.1. The Hall–Kier alpha value is -4.15. The van der Waals surface area contributed by atoms with Crippen molar-refractivity contribution >= 4 is 17.0 Å². The molecular formula is C26H24F3N5O3. The van der Waals surface area contributed by atoms with Crippen LogP contribution in [0.1, 0.15) is 35.3 Å². The second kappa shape index (κ2) is 9.38. The van der Waals surface area contributed by atoms with Crippen molar-refractivity contribution < 1.29 is 27.8 Å². The number of carboxylic acids is 1. The Kier molecular flexibility index (Phi) is 6.22. The van der Waals surface area contributed by atoms with Crippen LogP contribution in [-0.2, 0) is 13.6 Å². The van der Waals surface area contributed by atoms with Gasteiger partial charge in [-0.25, -0.2) is 14.5 Å². The topological polar surface area (TPSA) is 95.1 Å². The smallest absolute Gasteiger partial charge is 0.478 e. The first kappa shape index (κ1) is 24.5. The quantitative estimate of drug-likeness (QED) is 0.302. The molecule has 0 bridgehead atoms. The van der Waals surface area contributed by atoms with Gasteiger partial charge in [-0.05, 0) is 56.4 Å². The highest BCUT2D eigenvalue weighted by Crippen LogP contribution is 2.40. The van der Waals surface area contributed by atoms with Gasteiger partial charge in [-0.1, -0.05) is 17.4 Å². The Morgan fingerprint density at radius 1 is 1.24 bits per heavy atom. The second-order valence-electron chi connectivity index (χ2n) is 9.10. The molecule has 1 aromatic carbocycles. The summed E-state index contributed by atoms with van der Waals surface area (Å²) in [6.45, 7) is 2.38. The van der Waals surface area contributed by atoms with E-state index in [0.717, 1.165) is 18.2 Å². The normalized spacial score (nSPS) is 14.1. The van der Waals surface area contributed by atoms with Crippen LogP contribution in [0.15, 0.2) is 48.8 Å². The van der Waals surface area contributed by atoms with E-state index in [2.05, 4.69) is 32.2 Å². The number of aromatic carboxylic acids is 1. The Morgan fingerprint density at radius 3 is 2.68 bits per heavy atom. The summed E-state index contributed by atoms with van der Waals surface area (Å²) in [5.41, 5.74) is 2.94. The minimum Gasteiger partial charge on any atom is -0.478 e. The van der Waals surface area contributed by atoms with Crippen molar-refractivity contribution in [3.8, 4) is 28.1 Å². The molecule has 3 aromatic heterocycles. The molecule has 1 N–H and O–H groups in total. The van der Waals surface area contributed by atoms with Crippen molar-refractivity contribution in [3.63, 3.8) is 0 Å². The van der Waals surface area contributed by atoms with Gasteiger partial charge >= 0.3 is 12.3 Å². The van der Waals surface area contributed by atoms with E-state index in [1.807, 2.05) is 17.6 Å². The molecule has 0 spiro atoms. The fourth-order valence-electron chi connectivity index (χ4n) is 4.42. The number of hydrogen-bond acceptors (Lipinski definition) is 5. The molecule has 1 aliphatic rings. The number of carboxylic acid groups (broad SMARTS) is 1. The lowest BCUT2D eigenvalue weighted by Crippen LogP contribution is -2.18. The van der Waals surface area contributed by atoms with Crippen LogP contribution in [0.2, 0.25) is 0 Å². The zero-order valence-electron chi connectivity index (χ0n) is 20.2. The molecule has 11 heteroatoms. The Labute approximate surface area is 210 Å². The van der Waals surface area contributed by atoms with Gasteiger partial charge in [0.1, 0.15) is 11.4 Å². The molecule has 3 heterocycles. The van der Waals surface area contributed by atoms with Crippen LogP contribution in [0.3, 0.4) is 0 Å². The van der Waals surface area contributed by atoms with E-state index in [1.54, 1.807) is 24.1 Å². The predicted molar refractivity (Wildman–Crippen MR) is 130 cm³/mol. The molecule has 192 valence electrons. The molecule has 8 nitrogen and oxygen atoms in total. The summed E-state index contributed by atoms with van der Waals surface area (Å²) in [6, 6.07) is 5.32. The molecule has 0 atom stereocenters. The van der Waals surface area contributed by atoms with E-state index in [4.69, 9.17) is 0 Å². The van der Waals surface area contributed by atoms with Crippen molar-refractivity contribution in [2.24, 2.45) is 13.0 Å². The first-order valence-electron chi connectivity index (χ1n) is 11.8. The summed E-state index contributed by atoms with van der Waals surface area (Å²) >= 11 is 0. The fourth-order valence-corrected chi connectivity index (χ4v) is 4.42. The molecule has 1 aliphatic carbocycles. The van der Waals surface area contributed by atoms with Crippen molar-refractivity contribution in [3.05, 3.63) is 60.1 Å².